The molecule has 6 aromatic rings. The molecule has 1 aromatic heterocycles. The van der Waals surface area contributed by atoms with E-state index in [1.165, 1.54) is 12.1 Å². The van der Waals surface area contributed by atoms with E-state index in [0.29, 0.717) is 23.1 Å². The molecular formula is C34H25N3O4. The second kappa shape index (κ2) is 12.0. The predicted octanol–water partition coefficient (Wildman–Crippen LogP) is 8.07. The van der Waals surface area contributed by atoms with Gasteiger partial charge in [0.15, 0.2) is 5.82 Å². The van der Waals surface area contributed by atoms with Crippen molar-refractivity contribution in [1.29, 1.82) is 0 Å². The van der Waals surface area contributed by atoms with Crippen LogP contribution in [0.2, 0.25) is 0 Å². The first-order valence-corrected chi connectivity index (χ1v) is 13.0. The molecule has 0 aliphatic heterocycles. The molecule has 0 spiro atoms. The summed E-state index contributed by atoms with van der Waals surface area (Å²) in [5, 5.41) is 9.59. The number of hydrogen-bond acceptors (Lipinski definition) is 7. The maximum absolute atomic E-state index is 9.59. The molecular weight excluding hydrogens is 514 g/mol. The maximum Gasteiger partial charge on any atom is 0.328 e. The average Bonchev–Trinajstić information content (AvgIpc) is 3.03. The highest BCUT2D eigenvalue weighted by Gasteiger charge is 2.12. The molecule has 0 unspecified atom stereocenters. The minimum atomic E-state index is 0.0413. The summed E-state index contributed by atoms with van der Waals surface area (Å²) >= 11 is 0. The number of hydrogen-bond donors (Lipinski definition) is 1. The first-order valence-electron chi connectivity index (χ1n) is 13.0. The normalized spacial score (nSPS) is 10.6. The van der Waals surface area contributed by atoms with Gasteiger partial charge in [0.1, 0.15) is 29.6 Å². The second-order valence-electron chi connectivity index (χ2n) is 9.08. The Balaban J connectivity index is 1.21. The minimum absolute atomic E-state index is 0.0413. The topological polar surface area (TPSA) is 86.6 Å². The smallest absolute Gasteiger partial charge is 0.328 e. The third kappa shape index (κ3) is 6.66. The van der Waals surface area contributed by atoms with Gasteiger partial charge >= 0.3 is 12.0 Å². The molecule has 0 aliphatic carbocycles. The Hall–Kier alpha value is -5.69. The Morgan fingerprint density at radius 2 is 0.854 bits per heavy atom. The Morgan fingerprint density at radius 1 is 0.439 bits per heavy atom. The third-order valence-electron chi connectivity index (χ3n) is 6.19. The number of phenolic OH excluding ortho intramolecular Hbond substituents is 1. The van der Waals surface area contributed by atoms with Crippen molar-refractivity contribution < 1.29 is 19.3 Å². The molecule has 6 rings (SSSR count). The fourth-order valence-electron chi connectivity index (χ4n) is 4.13. The molecule has 5 aromatic carbocycles. The van der Waals surface area contributed by atoms with Crippen molar-refractivity contribution in [3.05, 3.63) is 139 Å². The summed E-state index contributed by atoms with van der Waals surface area (Å²) in [6.45, 7) is 0.0719. The minimum Gasteiger partial charge on any atom is -0.508 e. The van der Waals surface area contributed by atoms with Gasteiger partial charge in [-0.25, -0.2) is 0 Å². The van der Waals surface area contributed by atoms with Crippen molar-refractivity contribution in [3.63, 3.8) is 0 Å². The third-order valence-corrected chi connectivity index (χ3v) is 6.19. The zero-order valence-electron chi connectivity index (χ0n) is 21.9. The highest BCUT2D eigenvalue weighted by atomic mass is 16.5. The van der Waals surface area contributed by atoms with Crippen molar-refractivity contribution in [2.45, 2.75) is 6.61 Å². The standard InChI is InChI=1S/C34H25N3O4/c38-28-15-21-31(22-16-28)41-34-36-32(23-39-29-17-11-26(12-18-29)24-7-3-1-4-8-24)35-33(37-34)40-30-19-13-27(14-20-30)25-9-5-2-6-10-25/h1-22,38H,23H2. The van der Waals surface area contributed by atoms with Gasteiger partial charge in [0, 0.05) is 0 Å². The monoisotopic (exact) mass is 539 g/mol. The first-order chi connectivity index (χ1) is 20.2. The van der Waals surface area contributed by atoms with Gasteiger partial charge in [-0.05, 0) is 70.8 Å². The number of nitrogens with zero attached hydrogens (tertiary/aromatic N) is 3. The van der Waals surface area contributed by atoms with Crippen molar-refractivity contribution >= 4 is 0 Å². The molecule has 7 nitrogen and oxygen atoms in total. The van der Waals surface area contributed by atoms with Gasteiger partial charge in [-0.3, -0.25) is 0 Å². The summed E-state index contributed by atoms with van der Waals surface area (Å²) in [7, 11) is 0. The number of benzene rings is 5. The van der Waals surface area contributed by atoms with Crippen LogP contribution in [0.5, 0.6) is 35.0 Å². The Labute approximate surface area is 237 Å². The zero-order chi connectivity index (χ0) is 27.9. The van der Waals surface area contributed by atoms with E-state index in [2.05, 4.69) is 39.2 Å². The van der Waals surface area contributed by atoms with E-state index in [0.717, 1.165) is 22.3 Å². The Morgan fingerprint density at radius 3 is 1.34 bits per heavy atom. The summed E-state index contributed by atoms with van der Waals surface area (Å²) in [5.41, 5.74) is 4.40. The summed E-state index contributed by atoms with van der Waals surface area (Å²) < 4.78 is 17.8. The van der Waals surface area contributed by atoms with E-state index >= 15 is 0 Å². The summed E-state index contributed by atoms with van der Waals surface area (Å²) in [6.07, 6.45) is 0. The highest BCUT2D eigenvalue weighted by Crippen LogP contribution is 2.27. The van der Waals surface area contributed by atoms with E-state index in [-0.39, 0.29) is 24.4 Å². The number of aromatic nitrogens is 3. The Bertz CT molecular complexity index is 1710. The van der Waals surface area contributed by atoms with Crippen LogP contribution in [0.1, 0.15) is 5.82 Å². The van der Waals surface area contributed by atoms with Crippen LogP contribution in [0.4, 0.5) is 0 Å². The van der Waals surface area contributed by atoms with Crippen LogP contribution in [-0.4, -0.2) is 20.1 Å². The SMILES string of the molecule is Oc1ccc(Oc2nc(COc3ccc(-c4ccccc4)cc3)nc(Oc3ccc(-c4ccccc4)cc3)n2)cc1. The van der Waals surface area contributed by atoms with E-state index in [1.807, 2.05) is 84.9 Å². The highest BCUT2D eigenvalue weighted by molar-refractivity contribution is 5.64. The lowest BCUT2D eigenvalue weighted by Crippen LogP contribution is -2.06. The lowest BCUT2D eigenvalue weighted by molar-refractivity contribution is 0.287. The van der Waals surface area contributed by atoms with Crippen LogP contribution in [0, 0.1) is 0 Å². The fourth-order valence-corrected chi connectivity index (χ4v) is 4.13. The van der Waals surface area contributed by atoms with Crippen molar-refractivity contribution in [1.82, 2.24) is 15.0 Å². The molecule has 7 heteroatoms. The van der Waals surface area contributed by atoms with Crippen molar-refractivity contribution in [2.24, 2.45) is 0 Å². The second-order valence-corrected chi connectivity index (χ2v) is 9.08. The number of ether oxygens (including phenoxy) is 3. The molecule has 1 N–H and O–H groups in total. The molecule has 0 radical (unpaired) electrons. The van der Waals surface area contributed by atoms with Crippen molar-refractivity contribution in [3.8, 4) is 57.3 Å². The van der Waals surface area contributed by atoms with E-state index in [9.17, 15) is 5.11 Å². The molecule has 0 aliphatic rings. The molecule has 0 saturated carbocycles. The largest absolute Gasteiger partial charge is 0.508 e. The number of phenols is 1. The van der Waals surface area contributed by atoms with Gasteiger partial charge in [-0.15, -0.1) is 4.98 Å². The van der Waals surface area contributed by atoms with Gasteiger partial charge in [-0.2, -0.15) is 9.97 Å². The predicted molar refractivity (Wildman–Crippen MR) is 156 cm³/mol. The van der Waals surface area contributed by atoms with Crippen LogP contribution < -0.4 is 14.2 Å². The van der Waals surface area contributed by atoms with E-state index < -0.39 is 0 Å². The van der Waals surface area contributed by atoms with Gasteiger partial charge in [-0.1, -0.05) is 84.9 Å². The summed E-state index contributed by atoms with van der Waals surface area (Å²) in [6, 6.07) is 42.1. The fraction of sp³-hybridized carbons (Fsp3) is 0.0294. The van der Waals surface area contributed by atoms with Gasteiger partial charge in [0.25, 0.3) is 0 Å². The molecule has 41 heavy (non-hydrogen) atoms. The molecule has 0 atom stereocenters. The van der Waals surface area contributed by atoms with E-state index in [4.69, 9.17) is 14.2 Å². The van der Waals surface area contributed by atoms with Gasteiger partial charge < -0.3 is 19.3 Å². The Kier molecular flexibility index (Phi) is 7.49. The lowest BCUT2D eigenvalue weighted by Gasteiger charge is -2.11. The van der Waals surface area contributed by atoms with Crippen LogP contribution in [0.15, 0.2) is 133 Å². The molecule has 200 valence electrons. The molecule has 0 fully saturated rings. The first kappa shape index (κ1) is 25.6. The molecule has 0 saturated heterocycles. The van der Waals surface area contributed by atoms with Crippen molar-refractivity contribution in [2.75, 3.05) is 0 Å². The van der Waals surface area contributed by atoms with Gasteiger partial charge in [0.2, 0.25) is 0 Å². The number of rotatable bonds is 9. The van der Waals surface area contributed by atoms with E-state index in [1.54, 1.807) is 12.1 Å². The molecule has 0 amide bonds. The quantitative estimate of drug-likeness (QED) is 0.199. The maximum atomic E-state index is 9.59. The van der Waals surface area contributed by atoms with Gasteiger partial charge in [0.05, 0.1) is 0 Å². The van der Waals surface area contributed by atoms with Crippen LogP contribution in [0.3, 0.4) is 0 Å². The summed E-state index contributed by atoms with van der Waals surface area (Å²) in [4.78, 5) is 13.2. The van der Waals surface area contributed by atoms with Crippen LogP contribution in [0.25, 0.3) is 22.3 Å². The van der Waals surface area contributed by atoms with Crippen LogP contribution in [-0.2, 0) is 6.61 Å². The molecule has 0 bridgehead atoms. The lowest BCUT2D eigenvalue weighted by atomic mass is 10.1. The zero-order valence-corrected chi connectivity index (χ0v) is 21.9. The summed E-state index contributed by atoms with van der Waals surface area (Å²) in [5.74, 6) is 2.15. The molecule has 1 heterocycles. The average molecular weight is 540 g/mol. The van der Waals surface area contributed by atoms with Crippen LogP contribution >= 0.6 is 0 Å². The number of aromatic hydroxyl groups is 1.